The summed E-state index contributed by atoms with van der Waals surface area (Å²) in [6.45, 7) is 5.03. The van der Waals surface area contributed by atoms with Crippen molar-refractivity contribution < 1.29 is 9.18 Å². The Hall–Kier alpha value is -1.42. The number of nitrogens with one attached hydrogen (secondary N) is 1. The molecule has 1 fully saturated rings. The summed E-state index contributed by atoms with van der Waals surface area (Å²) < 4.78 is 13.2. The van der Waals surface area contributed by atoms with E-state index in [1.54, 1.807) is 6.07 Å². The zero-order valence-electron chi connectivity index (χ0n) is 12.2. The van der Waals surface area contributed by atoms with Gasteiger partial charge in [-0.2, -0.15) is 0 Å². The van der Waals surface area contributed by atoms with Gasteiger partial charge in [-0.25, -0.2) is 4.39 Å². The van der Waals surface area contributed by atoms with Gasteiger partial charge in [0.25, 0.3) is 0 Å². The monoisotopic (exact) mass is 278 g/mol. The summed E-state index contributed by atoms with van der Waals surface area (Å²) in [7, 11) is 0. The fraction of sp³-hybridized carbons (Fsp3) is 0.562. The first-order valence-electron chi connectivity index (χ1n) is 7.37. The molecular formula is C16H23FN2O. The fourth-order valence-electron chi connectivity index (χ4n) is 2.15. The van der Waals surface area contributed by atoms with Gasteiger partial charge in [-0.1, -0.05) is 19.1 Å². The fourth-order valence-corrected chi connectivity index (χ4v) is 2.15. The van der Waals surface area contributed by atoms with Crippen LogP contribution in [0, 0.1) is 5.82 Å². The van der Waals surface area contributed by atoms with E-state index >= 15 is 0 Å². The van der Waals surface area contributed by atoms with Gasteiger partial charge >= 0.3 is 0 Å². The Labute approximate surface area is 120 Å². The Bertz CT molecular complexity index is 460. The number of carbonyl (C=O) groups excluding carboxylic acids is 1. The van der Waals surface area contributed by atoms with Crippen molar-refractivity contribution in [1.29, 1.82) is 0 Å². The molecule has 0 saturated heterocycles. The van der Waals surface area contributed by atoms with Gasteiger partial charge in [-0.05, 0) is 43.9 Å². The molecule has 110 valence electrons. The number of carbonyl (C=O) groups is 1. The molecule has 2 rings (SSSR count). The van der Waals surface area contributed by atoms with E-state index in [1.165, 1.54) is 12.1 Å². The number of amides is 1. The average Bonchev–Trinajstić information content (AvgIpc) is 3.26. The molecular weight excluding hydrogens is 255 g/mol. The van der Waals surface area contributed by atoms with Gasteiger partial charge < -0.3 is 10.2 Å². The number of halogens is 1. The minimum absolute atomic E-state index is 0.108. The molecule has 0 aromatic heterocycles. The lowest BCUT2D eigenvalue weighted by atomic mass is 10.2. The lowest BCUT2D eigenvalue weighted by molar-refractivity contribution is -0.131. The maximum Gasteiger partial charge on any atom is 0.237 e. The van der Waals surface area contributed by atoms with Crippen molar-refractivity contribution in [3.05, 3.63) is 35.6 Å². The summed E-state index contributed by atoms with van der Waals surface area (Å²) in [5.41, 5.74) is 0.855. The average molecular weight is 278 g/mol. The van der Waals surface area contributed by atoms with Crippen LogP contribution in [0.3, 0.4) is 0 Å². The molecule has 1 aliphatic carbocycles. The Morgan fingerprint density at radius 1 is 1.50 bits per heavy atom. The molecule has 0 radical (unpaired) electrons. The van der Waals surface area contributed by atoms with Gasteiger partial charge in [0.2, 0.25) is 5.91 Å². The van der Waals surface area contributed by atoms with Crippen LogP contribution in [-0.2, 0) is 11.3 Å². The molecule has 0 spiro atoms. The zero-order chi connectivity index (χ0) is 14.5. The van der Waals surface area contributed by atoms with Crippen LogP contribution in [0.15, 0.2) is 24.3 Å². The summed E-state index contributed by atoms with van der Waals surface area (Å²) in [6, 6.07) is 7.17. The molecule has 1 unspecified atom stereocenters. The maximum absolute atomic E-state index is 13.2. The number of hydrogen-bond donors (Lipinski definition) is 1. The van der Waals surface area contributed by atoms with E-state index in [4.69, 9.17) is 0 Å². The molecule has 1 saturated carbocycles. The van der Waals surface area contributed by atoms with E-state index < -0.39 is 0 Å². The highest BCUT2D eigenvalue weighted by atomic mass is 19.1. The van der Waals surface area contributed by atoms with Gasteiger partial charge in [0.15, 0.2) is 0 Å². The van der Waals surface area contributed by atoms with Crippen LogP contribution in [0.1, 0.15) is 38.7 Å². The molecule has 1 atom stereocenters. The largest absolute Gasteiger partial charge is 0.334 e. The first kappa shape index (κ1) is 15.0. The minimum atomic E-state index is -0.247. The highest BCUT2D eigenvalue weighted by molar-refractivity contribution is 5.79. The lowest BCUT2D eigenvalue weighted by Gasteiger charge is -2.24. The van der Waals surface area contributed by atoms with Crippen molar-refractivity contribution >= 4 is 5.91 Å². The summed E-state index contributed by atoms with van der Waals surface area (Å²) in [5.74, 6) is -0.138. The van der Waals surface area contributed by atoms with Crippen LogP contribution >= 0.6 is 0 Å². The van der Waals surface area contributed by atoms with Crippen LogP contribution in [0.25, 0.3) is 0 Å². The first-order chi connectivity index (χ1) is 9.60. The van der Waals surface area contributed by atoms with Crippen molar-refractivity contribution in [2.24, 2.45) is 0 Å². The van der Waals surface area contributed by atoms with Crippen LogP contribution in [0.2, 0.25) is 0 Å². The standard InChI is InChI=1S/C16H23FN2O/c1-3-12(2)18-10-16(20)19(15-7-8-15)11-13-5-4-6-14(17)9-13/h4-6,9,12,15,18H,3,7-8,10-11H2,1-2H3. The molecule has 0 bridgehead atoms. The Balaban J connectivity index is 1.95. The molecule has 1 aliphatic rings. The molecule has 0 aliphatic heterocycles. The summed E-state index contributed by atoms with van der Waals surface area (Å²) in [4.78, 5) is 14.2. The van der Waals surface area contributed by atoms with Crippen molar-refractivity contribution in [3.8, 4) is 0 Å². The van der Waals surface area contributed by atoms with E-state index in [-0.39, 0.29) is 11.7 Å². The Morgan fingerprint density at radius 2 is 2.25 bits per heavy atom. The SMILES string of the molecule is CCC(C)NCC(=O)N(Cc1cccc(F)c1)C1CC1. The van der Waals surface area contributed by atoms with Gasteiger partial charge in [0.05, 0.1) is 6.54 Å². The van der Waals surface area contributed by atoms with Crippen LogP contribution in [0.4, 0.5) is 4.39 Å². The molecule has 1 amide bonds. The van der Waals surface area contributed by atoms with Gasteiger partial charge in [0.1, 0.15) is 5.82 Å². The lowest BCUT2D eigenvalue weighted by Crippen LogP contribution is -2.41. The molecule has 3 nitrogen and oxygen atoms in total. The van der Waals surface area contributed by atoms with Gasteiger partial charge in [0, 0.05) is 18.6 Å². The van der Waals surface area contributed by atoms with E-state index in [9.17, 15) is 9.18 Å². The molecule has 1 aromatic rings. The second kappa shape index (κ2) is 6.84. The number of hydrogen-bond acceptors (Lipinski definition) is 2. The van der Waals surface area contributed by atoms with E-state index in [1.807, 2.05) is 11.0 Å². The predicted molar refractivity (Wildman–Crippen MR) is 77.7 cm³/mol. The molecule has 1 aromatic carbocycles. The van der Waals surface area contributed by atoms with E-state index in [2.05, 4.69) is 19.2 Å². The topological polar surface area (TPSA) is 32.3 Å². The minimum Gasteiger partial charge on any atom is -0.334 e. The predicted octanol–water partition coefficient (Wildman–Crippen LogP) is 2.70. The molecule has 1 N–H and O–H groups in total. The third-order valence-electron chi connectivity index (χ3n) is 3.76. The van der Waals surface area contributed by atoms with E-state index in [0.29, 0.717) is 25.2 Å². The molecule has 4 heteroatoms. The summed E-state index contributed by atoms with van der Waals surface area (Å²) in [5, 5.41) is 3.23. The third-order valence-corrected chi connectivity index (χ3v) is 3.76. The number of rotatable bonds is 7. The van der Waals surface area contributed by atoms with Crippen LogP contribution < -0.4 is 5.32 Å². The zero-order valence-corrected chi connectivity index (χ0v) is 12.2. The Morgan fingerprint density at radius 3 is 2.85 bits per heavy atom. The highest BCUT2D eigenvalue weighted by Gasteiger charge is 2.32. The van der Waals surface area contributed by atoms with Gasteiger partial charge in [-0.15, -0.1) is 0 Å². The van der Waals surface area contributed by atoms with Crippen LogP contribution in [0.5, 0.6) is 0 Å². The second-order valence-corrected chi connectivity index (χ2v) is 5.57. The normalized spacial score (nSPS) is 15.9. The maximum atomic E-state index is 13.2. The summed E-state index contributed by atoms with van der Waals surface area (Å²) >= 11 is 0. The van der Waals surface area contributed by atoms with Crippen molar-refractivity contribution in [1.82, 2.24) is 10.2 Å². The van der Waals surface area contributed by atoms with Crippen molar-refractivity contribution in [3.63, 3.8) is 0 Å². The van der Waals surface area contributed by atoms with Crippen molar-refractivity contribution in [2.75, 3.05) is 6.54 Å². The van der Waals surface area contributed by atoms with Crippen molar-refractivity contribution in [2.45, 2.75) is 51.7 Å². The Kier molecular flexibility index (Phi) is 5.12. The molecule has 20 heavy (non-hydrogen) atoms. The number of benzene rings is 1. The molecule has 0 heterocycles. The van der Waals surface area contributed by atoms with Crippen LogP contribution in [-0.4, -0.2) is 29.4 Å². The van der Waals surface area contributed by atoms with E-state index in [0.717, 1.165) is 24.8 Å². The summed E-state index contributed by atoms with van der Waals surface area (Å²) in [6.07, 6.45) is 3.12. The highest BCUT2D eigenvalue weighted by Crippen LogP contribution is 2.28. The number of nitrogens with zero attached hydrogens (tertiary/aromatic N) is 1. The quantitative estimate of drug-likeness (QED) is 0.831. The van der Waals surface area contributed by atoms with Gasteiger partial charge in [-0.3, -0.25) is 4.79 Å². The smallest absolute Gasteiger partial charge is 0.237 e. The first-order valence-corrected chi connectivity index (χ1v) is 7.37. The third kappa shape index (κ3) is 4.30. The second-order valence-electron chi connectivity index (χ2n) is 5.57.